The lowest BCUT2D eigenvalue weighted by Crippen LogP contribution is -2.27. The first kappa shape index (κ1) is 15.0. The standard InChI is InChI=1S/C17H23N3O2/c21-16-2-1-11-20(16)15-5-3-14(4-6-15)17(22)19-10-8-13-7-9-18-12-13/h3-6,13,18H,1-2,7-12H2,(H,19,22). The first-order valence-electron chi connectivity index (χ1n) is 8.13. The molecule has 2 aliphatic heterocycles. The number of carbonyl (C=O) groups excluding carboxylic acids is 2. The van der Waals surface area contributed by atoms with Gasteiger partial charge in [0.15, 0.2) is 0 Å². The number of nitrogens with one attached hydrogen (secondary N) is 2. The van der Waals surface area contributed by atoms with E-state index in [-0.39, 0.29) is 11.8 Å². The highest BCUT2D eigenvalue weighted by atomic mass is 16.2. The Labute approximate surface area is 131 Å². The second kappa shape index (κ2) is 6.92. The summed E-state index contributed by atoms with van der Waals surface area (Å²) in [4.78, 5) is 25.6. The number of rotatable bonds is 5. The molecule has 0 saturated carbocycles. The van der Waals surface area contributed by atoms with Gasteiger partial charge in [-0.25, -0.2) is 0 Å². The van der Waals surface area contributed by atoms with Gasteiger partial charge < -0.3 is 15.5 Å². The van der Waals surface area contributed by atoms with E-state index in [2.05, 4.69) is 10.6 Å². The Hall–Kier alpha value is -1.88. The third kappa shape index (κ3) is 3.47. The summed E-state index contributed by atoms with van der Waals surface area (Å²) in [5.74, 6) is 0.816. The van der Waals surface area contributed by atoms with Gasteiger partial charge in [0.1, 0.15) is 0 Å². The van der Waals surface area contributed by atoms with Crippen molar-refractivity contribution < 1.29 is 9.59 Å². The van der Waals surface area contributed by atoms with Crippen LogP contribution < -0.4 is 15.5 Å². The smallest absolute Gasteiger partial charge is 0.251 e. The molecule has 1 atom stereocenters. The molecule has 0 aliphatic carbocycles. The molecule has 1 unspecified atom stereocenters. The van der Waals surface area contributed by atoms with Crippen LogP contribution >= 0.6 is 0 Å². The average Bonchev–Trinajstić information content (AvgIpc) is 3.19. The molecule has 2 amide bonds. The van der Waals surface area contributed by atoms with E-state index >= 15 is 0 Å². The summed E-state index contributed by atoms with van der Waals surface area (Å²) in [6, 6.07) is 7.32. The first-order chi connectivity index (χ1) is 10.7. The molecule has 0 bridgehead atoms. The van der Waals surface area contributed by atoms with Gasteiger partial charge in [-0.3, -0.25) is 9.59 Å². The van der Waals surface area contributed by atoms with E-state index in [9.17, 15) is 9.59 Å². The van der Waals surface area contributed by atoms with Crippen molar-refractivity contribution in [3.05, 3.63) is 29.8 Å². The van der Waals surface area contributed by atoms with Crippen molar-refractivity contribution in [3.63, 3.8) is 0 Å². The zero-order valence-electron chi connectivity index (χ0n) is 12.8. The third-order valence-electron chi connectivity index (χ3n) is 4.52. The fourth-order valence-corrected chi connectivity index (χ4v) is 3.17. The zero-order valence-corrected chi connectivity index (χ0v) is 12.8. The molecule has 0 radical (unpaired) electrons. The van der Waals surface area contributed by atoms with Gasteiger partial charge in [0, 0.05) is 30.8 Å². The van der Waals surface area contributed by atoms with Gasteiger partial charge in [0.05, 0.1) is 0 Å². The van der Waals surface area contributed by atoms with E-state index in [0.29, 0.717) is 17.9 Å². The third-order valence-corrected chi connectivity index (χ3v) is 4.52. The molecule has 1 aromatic carbocycles. The molecule has 3 rings (SSSR count). The SMILES string of the molecule is O=C(NCCC1CCNC1)c1ccc(N2CCCC2=O)cc1. The molecule has 22 heavy (non-hydrogen) atoms. The summed E-state index contributed by atoms with van der Waals surface area (Å²) in [7, 11) is 0. The number of hydrogen-bond donors (Lipinski definition) is 2. The largest absolute Gasteiger partial charge is 0.352 e. The molecule has 2 aliphatic rings. The van der Waals surface area contributed by atoms with Gasteiger partial charge in [0.25, 0.3) is 5.91 Å². The van der Waals surface area contributed by atoms with Gasteiger partial charge in [-0.05, 0) is 62.5 Å². The molecule has 2 N–H and O–H groups in total. The molecular weight excluding hydrogens is 278 g/mol. The Morgan fingerprint density at radius 1 is 1.32 bits per heavy atom. The Kier molecular flexibility index (Phi) is 4.73. The van der Waals surface area contributed by atoms with Crippen molar-refractivity contribution in [1.82, 2.24) is 10.6 Å². The molecule has 2 saturated heterocycles. The van der Waals surface area contributed by atoms with E-state index in [1.54, 1.807) is 17.0 Å². The molecule has 5 nitrogen and oxygen atoms in total. The van der Waals surface area contributed by atoms with E-state index < -0.39 is 0 Å². The summed E-state index contributed by atoms with van der Waals surface area (Å²) in [5.41, 5.74) is 1.54. The fraction of sp³-hybridized carbons (Fsp3) is 0.529. The van der Waals surface area contributed by atoms with Crippen LogP contribution in [-0.4, -0.2) is 38.0 Å². The molecule has 2 fully saturated rings. The van der Waals surface area contributed by atoms with Crippen LogP contribution in [0, 0.1) is 5.92 Å². The predicted octanol–water partition coefficient (Wildman–Crippen LogP) is 1.54. The maximum absolute atomic E-state index is 12.1. The normalized spacial score (nSPS) is 21.4. The van der Waals surface area contributed by atoms with Crippen LogP contribution in [0.4, 0.5) is 5.69 Å². The highest BCUT2D eigenvalue weighted by Crippen LogP contribution is 2.21. The van der Waals surface area contributed by atoms with Gasteiger partial charge in [0.2, 0.25) is 5.91 Å². The summed E-state index contributed by atoms with van der Waals surface area (Å²) >= 11 is 0. The maximum Gasteiger partial charge on any atom is 0.251 e. The molecule has 0 aromatic heterocycles. The highest BCUT2D eigenvalue weighted by molar-refractivity contribution is 5.97. The number of anilines is 1. The zero-order chi connectivity index (χ0) is 15.4. The van der Waals surface area contributed by atoms with Gasteiger partial charge >= 0.3 is 0 Å². The topological polar surface area (TPSA) is 61.4 Å². The number of hydrogen-bond acceptors (Lipinski definition) is 3. The number of carbonyl (C=O) groups is 2. The maximum atomic E-state index is 12.1. The van der Waals surface area contributed by atoms with Crippen molar-refractivity contribution in [2.75, 3.05) is 31.1 Å². The lowest BCUT2D eigenvalue weighted by Gasteiger charge is -2.16. The van der Waals surface area contributed by atoms with Crippen LogP contribution in [0.2, 0.25) is 0 Å². The second-order valence-corrected chi connectivity index (χ2v) is 6.10. The highest BCUT2D eigenvalue weighted by Gasteiger charge is 2.21. The minimum absolute atomic E-state index is 0.0368. The van der Waals surface area contributed by atoms with E-state index in [1.807, 2.05) is 12.1 Å². The van der Waals surface area contributed by atoms with Crippen molar-refractivity contribution in [2.24, 2.45) is 5.92 Å². The van der Waals surface area contributed by atoms with Crippen molar-refractivity contribution in [1.29, 1.82) is 0 Å². The summed E-state index contributed by atoms with van der Waals surface area (Å²) in [6.07, 6.45) is 3.77. The van der Waals surface area contributed by atoms with Crippen LogP contribution in [0.3, 0.4) is 0 Å². The van der Waals surface area contributed by atoms with E-state index in [1.165, 1.54) is 6.42 Å². The van der Waals surface area contributed by atoms with Crippen LogP contribution in [-0.2, 0) is 4.79 Å². The molecular formula is C17H23N3O2. The Balaban J connectivity index is 1.51. The molecule has 118 valence electrons. The van der Waals surface area contributed by atoms with Crippen LogP contribution in [0.1, 0.15) is 36.0 Å². The Morgan fingerprint density at radius 3 is 2.77 bits per heavy atom. The van der Waals surface area contributed by atoms with Crippen molar-refractivity contribution in [3.8, 4) is 0 Å². The van der Waals surface area contributed by atoms with Gasteiger partial charge in [-0.2, -0.15) is 0 Å². The molecule has 1 aromatic rings. The first-order valence-corrected chi connectivity index (χ1v) is 8.13. The summed E-state index contributed by atoms with van der Waals surface area (Å²) in [5, 5.41) is 6.31. The predicted molar refractivity (Wildman–Crippen MR) is 86.0 cm³/mol. The minimum atomic E-state index is -0.0368. The van der Waals surface area contributed by atoms with Crippen molar-refractivity contribution in [2.45, 2.75) is 25.7 Å². The molecule has 2 heterocycles. The number of nitrogens with zero attached hydrogens (tertiary/aromatic N) is 1. The molecule has 0 spiro atoms. The minimum Gasteiger partial charge on any atom is -0.352 e. The summed E-state index contributed by atoms with van der Waals surface area (Å²) in [6.45, 7) is 3.65. The monoisotopic (exact) mass is 301 g/mol. The Morgan fingerprint density at radius 2 is 2.14 bits per heavy atom. The van der Waals surface area contributed by atoms with Crippen LogP contribution in [0.5, 0.6) is 0 Å². The van der Waals surface area contributed by atoms with Crippen LogP contribution in [0.25, 0.3) is 0 Å². The fourth-order valence-electron chi connectivity index (χ4n) is 3.17. The average molecular weight is 301 g/mol. The lowest BCUT2D eigenvalue weighted by molar-refractivity contribution is -0.117. The lowest BCUT2D eigenvalue weighted by atomic mass is 10.1. The Bertz CT molecular complexity index is 535. The van der Waals surface area contributed by atoms with E-state index in [4.69, 9.17) is 0 Å². The van der Waals surface area contributed by atoms with Gasteiger partial charge in [-0.1, -0.05) is 0 Å². The van der Waals surface area contributed by atoms with Crippen molar-refractivity contribution >= 4 is 17.5 Å². The number of benzene rings is 1. The molecule has 5 heteroatoms. The van der Waals surface area contributed by atoms with Gasteiger partial charge in [-0.15, -0.1) is 0 Å². The second-order valence-electron chi connectivity index (χ2n) is 6.10. The number of amides is 2. The van der Waals surface area contributed by atoms with Crippen LogP contribution in [0.15, 0.2) is 24.3 Å². The summed E-state index contributed by atoms with van der Waals surface area (Å²) < 4.78 is 0. The van der Waals surface area contributed by atoms with E-state index in [0.717, 1.165) is 44.7 Å². The quantitative estimate of drug-likeness (QED) is 0.867.